The molecule has 2 fully saturated rings. The van der Waals surface area contributed by atoms with E-state index in [4.69, 9.17) is 49.9 Å². The Morgan fingerprint density at radius 3 is 1.05 bits per heavy atom. The molecule has 41 heteroatoms. The first kappa shape index (κ1) is 129. The molecule has 3 radical (unpaired) electrons. The third kappa shape index (κ3) is 54.1. The number of amides is 1. The van der Waals surface area contributed by atoms with Crippen molar-refractivity contribution in [2.45, 2.75) is 161 Å². The van der Waals surface area contributed by atoms with Gasteiger partial charge in [0.1, 0.15) is 37.1 Å². The van der Waals surface area contributed by atoms with E-state index in [-0.39, 0.29) is 125 Å². The number of ketones is 5. The number of halogens is 1. The number of nitrogens with one attached hydrogen (secondary N) is 1. The minimum Gasteiger partial charge on any atom is -0.870 e. The van der Waals surface area contributed by atoms with Crippen LogP contribution < -0.4 is 34.9 Å². The van der Waals surface area contributed by atoms with Crippen LogP contribution in [0.1, 0.15) is 201 Å². The predicted molar refractivity (Wildman–Crippen MR) is 490 cm³/mol. The first-order chi connectivity index (χ1) is 57.4. The zero-order valence-electron chi connectivity index (χ0n) is 71.2. The number of alkyl halides is 1. The standard InChI is InChI=1S/C17H20N2OS.C16H18N2O2S.C13H15NO4.C12H10BrNOS.C12H11NOS.C6H8N2O3.4C2H4O2.2CH4.BHNS.Na.H2O.2Rh/c1-13(20)16-15(12-19-10-6-3-7-11-19)21-17(18-16)14-8-4-2-5-9-14;19-16(20)14-13(11-18-9-5-2-6-10-18)21-15(17-14)12-7-3-1-4-8-12;1-3-18-13(17)11(9(2)15)14-12(16)10-7-5-4-6-8-10;1-8(15)11-10(7-13)16-12(14-11)9-5-3-2-4-6-9;1-8(14)11-9(2)15-12(13-11)10-6-4-3-5-7-10;1-3-11-6(10)5(8-7)4(2)9;4*1-2(3)4;;;1-2-3;;;;/h2,4-5,8-9H,3,6-7,10-12H2,1H3;1,3-4,7-8H,2,5-6,9-11H2,(H,19,20);4-8,11H,3H2,1-2H3,(H,14,16);2-6H,7H2,1H3;3-7H,1-2H3;3H2,1-2H3;4*1H3,(H,3,4);2*1H4;3H;;1H2;;/q;;;;;;;;;;;;;+1;;;/p-1. The third-order valence-electron chi connectivity index (χ3n) is 15.1. The van der Waals surface area contributed by atoms with Gasteiger partial charge in [-0.2, -0.15) is 4.79 Å². The zero-order valence-corrected chi connectivity index (χ0v) is 82.2. The van der Waals surface area contributed by atoms with Crippen molar-refractivity contribution in [2.75, 3.05) is 39.4 Å². The molecule has 0 bridgehead atoms. The summed E-state index contributed by atoms with van der Waals surface area (Å²) in [5, 5.41) is 45.6. The number of piperidine rings is 2. The minimum absolute atomic E-state index is 0. The van der Waals surface area contributed by atoms with Gasteiger partial charge in [0.15, 0.2) is 34.9 Å². The van der Waals surface area contributed by atoms with Crippen LogP contribution in [-0.4, -0.2) is 201 Å². The van der Waals surface area contributed by atoms with E-state index in [1.54, 1.807) is 99.0 Å². The minimum atomic E-state index is -1.25. The Morgan fingerprint density at radius 2 is 0.780 bits per heavy atom. The number of aliphatic carboxylic acids is 4. The van der Waals surface area contributed by atoms with Crippen LogP contribution in [0, 0.1) is 6.92 Å². The van der Waals surface area contributed by atoms with Gasteiger partial charge in [-0.1, -0.05) is 183 Å². The summed E-state index contributed by atoms with van der Waals surface area (Å²) in [6, 6.07) is 46.8. The van der Waals surface area contributed by atoms with Crippen LogP contribution in [0.15, 0.2) is 156 Å². The van der Waals surface area contributed by atoms with Crippen molar-refractivity contribution < 1.29 is 176 Å². The van der Waals surface area contributed by atoms with Gasteiger partial charge in [0, 0.05) is 150 Å². The Morgan fingerprint density at radius 1 is 0.496 bits per heavy atom. The topological polar surface area (TPSA) is 490 Å². The molecule has 7 N–H and O–H groups in total. The number of hydrogen-bond donors (Lipinski definition) is 7. The van der Waals surface area contributed by atoms with Gasteiger partial charge >= 0.3 is 77.9 Å². The van der Waals surface area contributed by atoms with Gasteiger partial charge in [0.2, 0.25) is 5.78 Å². The van der Waals surface area contributed by atoms with Gasteiger partial charge in [-0.05, 0) is 91.7 Å². The molecule has 2 aliphatic heterocycles. The van der Waals surface area contributed by atoms with Crippen molar-refractivity contribution in [1.29, 1.82) is 0 Å². The number of aryl methyl sites for hydroxylation is 1. The smallest absolute Gasteiger partial charge is 0.870 e. The van der Waals surface area contributed by atoms with Crippen LogP contribution in [0.5, 0.6) is 0 Å². The molecule has 6 heterocycles. The number of aromatic nitrogens is 4. The summed E-state index contributed by atoms with van der Waals surface area (Å²) in [4.78, 5) is 167. The second kappa shape index (κ2) is 73.8. The van der Waals surface area contributed by atoms with Gasteiger partial charge < -0.3 is 51.3 Å². The normalized spacial score (nSPS) is 11.0. The van der Waals surface area contributed by atoms with Crippen LogP contribution >= 0.6 is 74.1 Å². The average Bonchev–Trinajstić information content (AvgIpc) is 1.68. The fourth-order valence-electron chi connectivity index (χ4n) is 10.1. The molecule has 4 aromatic heterocycles. The van der Waals surface area contributed by atoms with Gasteiger partial charge in [-0.3, -0.25) is 57.7 Å². The van der Waals surface area contributed by atoms with Crippen molar-refractivity contribution >= 4 is 164 Å². The van der Waals surface area contributed by atoms with E-state index in [1.165, 1.54) is 56.8 Å². The summed E-state index contributed by atoms with van der Waals surface area (Å²) >= 11 is 12.9. The number of carbonyl (C=O) groups is 13. The van der Waals surface area contributed by atoms with E-state index in [9.17, 15) is 48.3 Å². The number of hydrogen-bond acceptors (Lipinski definition) is 28. The number of rotatable bonds is 21. The van der Waals surface area contributed by atoms with Crippen LogP contribution in [0.25, 0.3) is 47.8 Å². The second-order valence-electron chi connectivity index (χ2n) is 25.1. The van der Waals surface area contributed by atoms with E-state index >= 15 is 0 Å². The molecule has 1 atom stereocenters. The van der Waals surface area contributed by atoms with Gasteiger partial charge in [0.25, 0.3) is 29.8 Å². The maximum atomic E-state index is 11.9. The first-order valence-corrected chi connectivity index (χ1v) is 41.9. The van der Waals surface area contributed by atoms with Crippen molar-refractivity contribution in [3.63, 3.8) is 0 Å². The summed E-state index contributed by atoms with van der Waals surface area (Å²) in [6.07, 6.45) is 7.53. The van der Waals surface area contributed by atoms with Gasteiger partial charge in [-0.15, -0.1) is 45.3 Å². The fraction of sp³-hybridized carbons (Fsp3) is 0.349. The number of thiol groups is 1. The molecule has 0 saturated carbocycles. The molecular formula is C86H108BBrN10NaO21Rh2S5. The SMILES string of the molecule is C.C.CC(=O)O.CC(=O)O.CC(=O)O.CC(=O)O.CC(=O)c1nc(-c2ccccc2)sc1C.CC(=O)c1nc(-c2ccccc2)sc1CBr.CC(=O)c1nc(-c2ccccc2)sc1CN1CCCCC1.CCOC(=O)C(=[N+]=[N-])C(C)=O.CCOC(=O)C(NC(=O)c1ccccc1)C(C)=O.O=C(O)c1nc(-c2ccccc2)sc1CN1CCCCC1.[B]=NS.[Na+].[OH-].[Rh].[Rh]. The molecule has 1 unspecified atom stereocenters. The molecular weight excluding hydrogens is 1990 g/mol. The summed E-state index contributed by atoms with van der Waals surface area (Å²) < 4.78 is 11.8. The fourth-order valence-corrected chi connectivity index (χ4v) is 14.9. The van der Waals surface area contributed by atoms with E-state index < -0.39 is 71.0 Å². The largest absolute Gasteiger partial charge is 1.00 e. The zero-order chi connectivity index (χ0) is 91.1. The molecule has 687 valence electrons. The molecule has 5 aromatic carbocycles. The van der Waals surface area contributed by atoms with Crippen molar-refractivity contribution in [1.82, 2.24) is 35.1 Å². The van der Waals surface area contributed by atoms with Crippen LogP contribution in [0.2, 0.25) is 0 Å². The second-order valence-corrected chi connectivity index (χ2v) is 30.3. The van der Waals surface area contributed by atoms with Crippen molar-refractivity contribution in [3.05, 3.63) is 205 Å². The Bertz CT molecular complexity index is 4700. The molecule has 9 aromatic rings. The first-order valence-electron chi connectivity index (χ1n) is 37.1. The number of thiazole rings is 4. The molecule has 31 nitrogen and oxygen atoms in total. The van der Waals surface area contributed by atoms with Crippen LogP contribution in [0.4, 0.5) is 0 Å². The van der Waals surface area contributed by atoms with Crippen molar-refractivity contribution in [2.24, 2.45) is 4.30 Å². The number of Topliss-reactive ketones (excluding diaryl/α,β-unsaturated/α-hetero) is 5. The molecule has 2 aliphatic rings. The molecule has 11 rings (SSSR count). The number of ether oxygens (including phenoxy) is 2. The maximum absolute atomic E-state index is 11.9. The Hall–Kier alpha value is -9.07. The van der Waals surface area contributed by atoms with E-state index in [0.29, 0.717) is 34.5 Å². The maximum Gasteiger partial charge on any atom is 1.00 e. The number of nitrogens with zero attached hydrogens (tertiary/aromatic N) is 9. The number of benzene rings is 5. The van der Waals surface area contributed by atoms with Gasteiger partial charge in [-0.25, -0.2) is 34.3 Å². The number of esters is 2. The molecule has 1 amide bonds. The molecule has 0 aliphatic carbocycles. The van der Waals surface area contributed by atoms with Gasteiger partial charge in [0.05, 0.1) is 23.0 Å². The summed E-state index contributed by atoms with van der Waals surface area (Å²) in [5.74, 6) is -7.34. The average molecular weight is 2100 g/mol. The van der Waals surface area contributed by atoms with Crippen LogP contribution in [-0.2, 0) is 105 Å². The number of carboxylic acids is 5. The molecule has 0 spiro atoms. The third-order valence-corrected chi connectivity index (χ3v) is 20.3. The van der Waals surface area contributed by atoms with E-state index in [2.05, 4.69) is 85.3 Å². The Kier molecular flexibility index (Phi) is 74.8. The summed E-state index contributed by atoms with van der Waals surface area (Å²) in [5.41, 5.74) is 14.2. The number of carbonyl (C=O) groups excluding carboxylic acids is 8. The van der Waals surface area contributed by atoms with Crippen molar-refractivity contribution in [3.8, 4) is 42.3 Å². The number of carboxylic acid groups (broad SMARTS) is 5. The number of aromatic carboxylic acids is 1. The summed E-state index contributed by atoms with van der Waals surface area (Å²) in [6.45, 7) is 22.8. The predicted octanol–water partition coefficient (Wildman–Crippen LogP) is 14.1. The monoisotopic (exact) mass is 2100 g/mol. The summed E-state index contributed by atoms with van der Waals surface area (Å²) in [7, 11) is 4.34. The quantitative estimate of drug-likeness (QED) is 0.00404. The number of likely N-dealkylation sites (tertiary alicyclic amines) is 2. The molecule has 127 heavy (non-hydrogen) atoms. The Balaban J connectivity index is -0.000000331. The van der Waals surface area contributed by atoms with E-state index in [0.717, 1.165) is 129 Å². The van der Waals surface area contributed by atoms with Crippen LogP contribution in [0.3, 0.4) is 0 Å². The molecule has 2 saturated heterocycles. The Labute approximate surface area is 819 Å². The van der Waals surface area contributed by atoms with E-state index in [1.807, 2.05) is 128 Å².